The highest BCUT2D eigenvalue weighted by Crippen LogP contribution is 2.44. The number of rotatable bonds is 6. The van der Waals surface area contributed by atoms with Crippen molar-refractivity contribution >= 4 is 61.7 Å². The summed E-state index contributed by atoms with van der Waals surface area (Å²) in [6.07, 6.45) is 4.77. The van der Waals surface area contributed by atoms with Crippen LogP contribution in [0.1, 0.15) is 52.0 Å². The maximum atomic E-state index is 17.2. The summed E-state index contributed by atoms with van der Waals surface area (Å²) in [6.45, 7) is 5.03. The van der Waals surface area contributed by atoms with Crippen molar-refractivity contribution in [2.24, 2.45) is 0 Å². The number of pyridine rings is 1. The number of likely N-dealkylation sites (tertiary alicyclic amines) is 2. The Hall–Kier alpha value is -4.41. The summed E-state index contributed by atoms with van der Waals surface area (Å²) in [5, 5.41) is 17.9. The van der Waals surface area contributed by atoms with Gasteiger partial charge in [-0.3, -0.25) is 14.4 Å². The van der Waals surface area contributed by atoms with Gasteiger partial charge >= 0.3 is 0 Å². The molecule has 7 rings (SSSR count). The van der Waals surface area contributed by atoms with Gasteiger partial charge in [-0.15, -0.1) is 0 Å². The van der Waals surface area contributed by atoms with Crippen LogP contribution in [0.5, 0.6) is 5.88 Å². The van der Waals surface area contributed by atoms with Crippen LogP contribution in [0.2, 0.25) is 10.0 Å². The van der Waals surface area contributed by atoms with Crippen molar-refractivity contribution in [3.05, 3.63) is 64.5 Å². The van der Waals surface area contributed by atoms with Gasteiger partial charge in [0.2, 0.25) is 5.88 Å². The molecule has 0 N–H and O–H groups in total. The number of amides is 1. The quantitative estimate of drug-likeness (QED) is 0.167. The van der Waals surface area contributed by atoms with Crippen molar-refractivity contribution in [3.63, 3.8) is 0 Å². The van der Waals surface area contributed by atoms with E-state index in [1.165, 1.54) is 0 Å². The minimum Gasteiger partial charge on any atom is -0.472 e. The molecule has 0 aliphatic carbocycles. The molecule has 0 saturated carbocycles. The largest absolute Gasteiger partial charge is 0.472 e. The SMILES string of the molecule is CC#CC(=O)N1CC[C@H](n2ncc3c(O[C@@H](C)[C@@H]4CCCN4C)nc4c(F)c(-c5cccc6cccc(Cl)c56)c(Cl)cc4c32)C[C@H]1CC#N. The Balaban J connectivity index is 1.42. The summed E-state index contributed by atoms with van der Waals surface area (Å²) in [6, 6.07) is 14.8. The van der Waals surface area contributed by atoms with Gasteiger partial charge in [0.1, 0.15) is 11.6 Å². The molecule has 2 saturated heterocycles. The van der Waals surface area contributed by atoms with Crippen LogP contribution < -0.4 is 4.74 Å². The molecule has 1 amide bonds. The van der Waals surface area contributed by atoms with Crippen LogP contribution in [0.15, 0.2) is 48.7 Å². The molecule has 2 aliphatic rings. The van der Waals surface area contributed by atoms with Gasteiger partial charge in [-0.05, 0) is 82.1 Å². The van der Waals surface area contributed by atoms with Crippen molar-refractivity contribution in [1.82, 2.24) is 24.6 Å². The zero-order chi connectivity index (χ0) is 34.4. The number of nitriles is 1. The summed E-state index contributed by atoms with van der Waals surface area (Å²) < 4.78 is 25.6. The third-order valence-corrected chi connectivity index (χ3v) is 10.7. The van der Waals surface area contributed by atoms with E-state index in [1.807, 2.05) is 41.9 Å². The highest BCUT2D eigenvalue weighted by atomic mass is 35.5. The van der Waals surface area contributed by atoms with Crippen molar-refractivity contribution < 1.29 is 13.9 Å². The molecule has 2 aromatic heterocycles. The number of hydrogen-bond donors (Lipinski definition) is 0. The Morgan fingerprint density at radius 2 is 1.94 bits per heavy atom. The van der Waals surface area contributed by atoms with Crippen molar-refractivity contribution in [3.8, 4) is 34.9 Å². The Kier molecular flexibility index (Phi) is 9.11. The maximum Gasteiger partial charge on any atom is 0.298 e. The van der Waals surface area contributed by atoms with Crippen LogP contribution in [0.4, 0.5) is 4.39 Å². The van der Waals surface area contributed by atoms with Crippen molar-refractivity contribution in [1.29, 1.82) is 5.26 Å². The van der Waals surface area contributed by atoms with Crippen LogP contribution in [-0.4, -0.2) is 68.8 Å². The maximum absolute atomic E-state index is 17.2. The lowest BCUT2D eigenvalue weighted by molar-refractivity contribution is -0.129. The fraction of sp³-hybridized carbons (Fsp3) is 0.368. The molecule has 4 heterocycles. The number of ether oxygens (including phenoxy) is 1. The number of benzene rings is 3. The van der Waals surface area contributed by atoms with Crippen molar-refractivity contribution in [2.75, 3.05) is 20.1 Å². The third-order valence-electron chi connectivity index (χ3n) is 10.1. The van der Waals surface area contributed by atoms with Gasteiger partial charge in [0, 0.05) is 40.0 Å². The molecule has 0 radical (unpaired) electrons. The lowest BCUT2D eigenvalue weighted by Crippen LogP contribution is -2.46. The molecule has 0 spiro atoms. The first-order valence-electron chi connectivity index (χ1n) is 16.6. The zero-order valence-electron chi connectivity index (χ0n) is 27.5. The second kappa shape index (κ2) is 13.5. The fourth-order valence-electron chi connectivity index (χ4n) is 7.75. The molecule has 2 aliphatic heterocycles. The molecule has 3 aromatic carbocycles. The predicted octanol–water partition coefficient (Wildman–Crippen LogP) is 8.18. The van der Waals surface area contributed by atoms with Crippen LogP contribution in [-0.2, 0) is 4.79 Å². The number of halogens is 3. The second-order valence-electron chi connectivity index (χ2n) is 12.9. The van der Waals surface area contributed by atoms with E-state index in [0.29, 0.717) is 57.5 Å². The Bertz CT molecular complexity index is 2210. The third kappa shape index (κ3) is 5.84. The summed E-state index contributed by atoms with van der Waals surface area (Å²) in [5.41, 5.74) is 1.53. The average Bonchev–Trinajstić information content (AvgIpc) is 3.73. The molecule has 0 bridgehead atoms. The van der Waals surface area contributed by atoms with E-state index in [9.17, 15) is 10.1 Å². The predicted molar refractivity (Wildman–Crippen MR) is 191 cm³/mol. The summed E-state index contributed by atoms with van der Waals surface area (Å²) in [5.74, 6) is 4.71. The standard InChI is InChI=1S/C38H35Cl2FN6O2/c1-4-8-32(48)46-18-15-25(19-24(46)14-16-42)47-37-27-20-30(40)34(26-11-5-9-23-10-6-12-29(39)33(23)26)35(41)36(27)44-38(28(37)21-43-47)49-22(2)31-13-7-17-45(31)3/h5-6,9-12,20-22,24-25,31H,7,13-15,17-19H2,1-3H3/t22-,24+,25-,31-/m0/s1. The van der Waals surface area contributed by atoms with Crippen molar-refractivity contribution in [2.45, 2.75) is 70.2 Å². The summed E-state index contributed by atoms with van der Waals surface area (Å²) in [7, 11) is 2.09. The average molecular weight is 698 g/mol. The Labute approximate surface area is 294 Å². The Morgan fingerprint density at radius 3 is 2.67 bits per heavy atom. The molecule has 49 heavy (non-hydrogen) atoms. The highest BCUT2D eigenvalue weighted by molar-refractivity contribution is 6.38. The minimum atomic E-state index is -0.582. The van der Waals surface area contributed by atoms with Gasteiger partial charge in [0.15, 0.2) is 5.82 Å². The molecule has 250 valence electrons. The lowest BCUT2D eigenvalue weighted by atomic mass is 9.94. The van der Waals surface area contributed by atoms with E-state index in [1.54, 1.807) is 30.2 Å². The number of aromatic nitrogens is 3. The number of likely N-dealkylation sites (N-methyl/N-ethyl adjacent to an activating group) is 1. The van der Waals surface area contributed by atoms with Gasteiger partial charge < -0.3 is 9.64 Å². The zero-order valence-corrected chi connectivity index (χ0v) is 29.0. The summed E-state index contributed by atoms with van der Waals surface area (Å²) >= 11 is 13.7. The van der Waals surface area contributed by atoms with Gasteiger partial charge in [-0.1, -0.05) is 59.5 Å². The number of fused-ring (bicyclic) bond motifs is 4. The van der Waals surface area contributed by atoms with E-state index in [0.717, 1.165) is 24.8 Å². The topological polar surface area (TPSA) is 87.3 Å². The van der Waals surface area contributed by atoms with Crippen LogP contribution >= 0.6 is 23.2 Å². The van der Waals surface area contributed by atoms with E-state index in [2.05, 4.69) is 29.9 Å². The van der Waals surface area contributed by atoms with E-state index < -0.39 is 5.82 Å². The number of carbonyl (C=O) groups is 1. The molecule has 0 unspecified atom stereocenters. The second-order valence-corrected chi connectivity index (χ2v) is 13.8. The van der Waals surface area contributed by atoms with Crippen LogP contribution in [0.3, 0.4) is 0 Å². The van der Waals surface area contributed by atoms with E-state index in [-0.39, 0.29) is 52.7 Å². The van der Waals surface area contributed by atoms with Crippen LogP contribution in [0.25, 0.3) is 43.7 Å². The normalized spacial score (nSPS) is 20.3. The molecular formula is C38H35Cl2FN6O2. The number of carbonyl (C=O) groups excluding carboxylic acids is 1. The van der Waals surface area contributed by atoms with E-state index in [4.69, 9.17) is 38.0 Å². The van der Waals surface area contributed by atoms with Gasteiger partial charge in [-0.2, -0.15) is 10.4 Å². The first-order valence-corrected chi connectivity index (χ1v) is 17.3. The highest BCUT2D eigenvalue weighted by Gasteiger charge is 2.35. The number of piperidine rings is 1. The summed E-state index contributed by atoms with van der Waals surface area (Å²) in [4.78, 5) is 21.6. The van der Waals surface area contributed by atoms with Gasteiger partial charge in [0.05, 0.1) is 40.7 Å². The Morgan fingerprint density at radius 1 is 1.14 bits per heavy atom. The smallest absolute Gasteiger partial charge is 0.298 e. The van der Waals surface area contributed by atoms with E-state index >= 15 is 4.39 Å². The monoisotopic (exact) mass is 696 g/mol. The molecule has 11 heteroatoms. The molecule has 2 fully saturated rings. The fourth-order valence-corrected chi connectivity index (χ4v) is 8.32. The first-order chi connectivity index (χ1) is 23.7. The molecule has 8 nitrogen and oxygen atoms in total. The van der Waals surface area contributed by atoms with Gasteiger partial charge in [-0.25, -0.2) is 9.37 Å². The van der Waals surface area contributed by atoms with Crippen LogP contribution in [0, 0.1) is 29.0 Å². The van der Waals surface area contributed by atoms with Gasteiger partial charge in [0.25, 0.3) is 5.91 Å². The molecule has 4 atom stereocenters. The molecular weight excluding hydrogens is 662 g/mol. The number of hydrogen-bond acceptors (Lipinski definition) is 6. The number of nitrogens with zero attached hydrogens (tertiary/aromatic N) is 6. The minimum absolute atomic E-state index is 0.110. The lowest BCUT2D eigenvalue weighted by Gasteiger charge is -2.37. The first kappa shape index (κ1) is 33.1. The molecule has 5 aromatic rings.